The van der Waals surface area contributed by atoms with Crippen LogP contribution < -0.4 is 5.32 Å². The average molecular weight is 374 g/mol. The number of hydrogen-bond donors (Lipinski definition) is 1. The number of benzene rings is 2. The molecule has 3 rings (SSSR count). The lowest BCUT2D eigenvalue weighted by atomic mass is 10.1. The molecule has 0 aliphatic rings. The highest BCUT2D eigenvalue weighted by atomic mass is 35.5. The quantitative estimate of drug-likeness (QED) is 0.650. The lowest BCUT2D eigenvalue weighted by Crippen LogP contribution is -2.28. The molecule has 0 saturated heterocycles. The van der Waals surface area contributed by atoms with Crippen LogP contribution in [0.1, 0.15) is 18.5 Å². The molecule has 0 aliphatic heterocycles. The van der Waals surface area contributed by atoms with Gasteiger partial charge in [-0.3, -0.25) is 4.79 Å². The second-order valence-electron chi connectivity index (χ2n) is 5.37. The molecule has 25 heavy (non-hydrogen) atoms. The van der Waals surface area contributed by atoms with Crippen molar-refractivity contribution >= 4 is 29.3 Å². The maximum absolute atomic E-state index is 12.1. The van der Waals surface area contributed by atoms with Gasteiger partial charge in [0.15, 0.2) is 0 Å². The van der Waals surface area contributed by atoms with Crippen LogP contribution in [-0.2, 0) is 4.79 Å². The van der Waals surface area contributed by atoms with E-state index >= 15 is 0 Å². The minimum absolute atomic E-state index is 0.104. The Bertz CT molecular complexity index is 837. The third-order valence-electron chi connectivity index (χ3n) is 3.50. The smallest absolute Gasteiger partial charge is 0.277 e. The lowest BCUT2D eigenvalue weighted by molar-refractivity contribution is -0.119. The molecule has 3 aromatic rings. The van der Waals surface area contributed by atoms with Gasteiger partial charge in [0.2, 0.25) is 11.8 Å². The standard InChI is InChI=1S/C18H16ClN3O2S/c1-12(13-7-9-15(19)10-8-13)20-16(23)11-25-18-22-21-17(24-18)14-5-3-2-4-6-14/h2-10,12H,11H2,1H3,(H,20,23)/t12-/m0/s1. The maximum Gasteiger partial charge on any atom is 0.277 e. The predicted octanol–water partition coefficient (Wildman–Crippen LogP) is 4.36. The van der Waals surface area contributed by atoms with Gasteiger partial charge in [-0.15, -0.1) is 10.2 Å². The summed E-state index contributed by atoms with van der Waals surface area (Å²) >= 11 is 7.08. The Balaban J connectivity index is 1.52. The van der Waals surface area contributed by atoms with Gasteiger partial charge in [0.1, 0.15) is 0 Å². The van der Waals surface area contributed by atoms with Crippen LogP contribution in [0.2, 0.25) is 5.02 Å². The van der Waals surface area contributed by atoms with Gasteiger partial charge in [-0.05, 0) is 36.8 Å². The van der Waals surface area contributed by atoms with Crippen LogP contribution in [0.3, 0.4) is 0 Å². The van der Waals surface area contributed by atoms with Crippen LogP contribution in [0.4, 0.5) is 0 Å². The fourth-order valence-electron chi connectivity index (χ4n) is 2.21. The minimum Gasteiger partial charge on any atom is -0.411 e. The van der Waals surface area contributed by atoms with Gasteiger partial charge in [0, 0.05) is 10.6 Å². The van der Waals surface area contributed by atoms with Crippen molar-refractivity contribution < 1.29 is 9.21 Å². The zero-order valence-corrected chi connectivity index (χ0v) is 15.1. The number of hydrogen-bond acceptors (Lipinski definition) is 5. The highest BCUT2D eigenvalue weighted by Gasteiger charge is 2.13. The Labute approximate surface area is 154 Å². The molecule has 1 heterocycles. The molecule has 1 atom stereocenters. The van der Waals surface area contributed by atoms with E-state index in [4.69, 9.17) is 16.0 Å². The SMILES string of the molecule is C[C@H](NC(=O)CSc1nnc(-c2ccccc2)o1)c1ccc(Cl)cc1. The molecule has 0 bridgehead atoms. The first-order valence-corrected chi connectivity index (χ1v) is 9.05. The van der Waals surface area contributed by atoms with Crippen molar-refractivity contribution in [1.82, 2.24) is 15.5 Å². The van der Waals surface area contributed by atoms with Crippen molar-refractivity contribution in [3.8, 4) is 11.5 Å². The fourth-order valence-corrected chi connectivity index (χ4v) is 2.91. The molecular formula is C18H16ClN3O2S. The summed E-state index contributed by atoms with van der Waals surface area (Å²) in [6, 6.07) is 16.8. The first kappa shape index (κ1) is 17.5. The second kappa shape index (κ2) is 8.18. The van der Waals surface area contributed by atoms with Gasteiger partial charge in [-0.25, -0.2) is 0 Å². The zero-order chi connectivity index (χ0) is 17.6. The summed E-state index contributed by atoms with van der Waals surface area (Å²) in [7, 11) is 0. The Hall–Kier alpha value is -2.31. The van der Waals surface area contributed by atoms with Crippen LogP contribution in [0, 0.1) is 0 Å². The van der Waals surface area contributed by atoms with Gasteiger partial charge >= 0.3 is 0 Å². The molecule has 7 heteroatoms. The topological polar surface area (TPSA) is 68.0 Å². The average Bonchev–Trinajstić information content (AvgIpc) is 3.10. The molecule has 0 unspecified atom stereocenters. The van der Waals surface area contributed by atoms with E-state index in [1.165, 1.54) is 11.8 Å². The van der Waals surface area contributed by atoms with E-state index in [2.05, 4.69) is 15.5 Å². The summed E-state index contributed by atoms with van der Waals surface area (Å²) in [5.74, 6) is 0.541. The third kappa shape index (κ3) is 4.84. The highest BCUT2D eigenvalue weighted by molar-refractivity contribution is 7.99. The van der Waals surface area contributed by atoms with E-state index in [1.54, 1.807) is 12.1 Å². The molecule has 1 aromatic heterocycles. The van der Waals surface area contributed by atoms with Gasteiger partial charge in [-0.1, -0.05) is 53.7 Å². The molecule has 0 fully saturated rings. The molecule has 2 aromatic carbocycles. The van der Waals surface area contributed by atoms with Crippen LogP contribution >= 0.6 is 23.4 Å². The van der Waals surface area contributed by atoms with Crippen molar-refractivity contribution in [3.63, 3.8) is 0 Å². The fraction of sp³-hybridized carbons (Fsp3) is 0.167. The normalized spacial score (nSPS) is 11.9. The summed E-state index contributed by atoms with van der Waals surface area (Å²) in [4.78, 5) is 12.1. The number of nitrogens with one attached hydrogen (secondary N) is 1. The first-order valence-electron chi connectivity index (χ1n) is 7.68. The molecule has 0 radical (unpaired) electrons. The number of carbonyl (C=O) groups excluding carboxylic acids is 1. The van der Waals surface area contributed by atoms with Gasteiger partial charge < -0.3 is 9.73 Å². The van der Waals surface area contributed by atoms with Gasteiger partial charge in [0.05, 0.1) is 11.8 Å². The highest BCUT2D eigenvalue weighted by Crippen LogP contribution is 2.23. The van der Waals surface area contributed by atoms with Crippen molar-refractivity contribution in [2.24, 2.45) is 0 Å². The van der Waals surface area contributed by atoms with Crippen LogP contribution in [0.15, 0.2) is 64.2 Å². The largest absolute Gasteiger partial charge is 0.411 e. The van der Waals surface area contributed by atoms with Crippen LogP contribution in [-0.4, -0.2) is 21.9 Å². The second-order valence-corrected chi connectivity index (χ2v) is 6.73. The number of thioether (sulfide) groups is 1. The number of rotatable bonds is 6. The van der Waals surface area contributed by atoms with E-state index in [9.17, 15) is 4.79 Å². The minimum atomic E-state index is -0.105. The Morgan fingerprint density at radius 3 is 2.60 bits per heavy atom. The molecule has 5 nitrogen and oxygen atoms in total. The summed E-state index contributed by atoms with van der Waals surface area (Å²) in [5.41, 5.74) is 1.84. The number of halogens is 1. The molecule has 1 amide bonds. The Morgan fingerprint density at radius 2 is 1.88 bits per heavy atom. The molecule has 0 saturated carbocycles. The van der Waals surface area contributed by atoms with Crippen molar-refractivity contribution in [2.75, 3.05) is 5.75 Å². The Morgan fingerprint density at radius 1 is 1.16 bits per heavy atom. The van der Waals surface area contributed by atoms with Crippen LogP contribution in [0.5, 0.6) is 0 Å². The summed E-state index contributed by atoms with van der Waals surface area (Å²) in [6.45, 7) is 1.92. The maximum atomic E-state index is 12.1. The van der Waals surface area contributed by atoms with E-state index in [0.29, 0.717) is 16.1 Å². The molecule has 0 aliphatic carbocycles. The van der Waals surface area contributed by atoms with Crippen molar-refractivity contribution in [2.45, 2.75) is 18.2 Å². The molecule has 1 N–H and O–H groups in total. The van der Waals surface area contributed by atoms with E-state index in [0.717, 1.165) is 11.1 Å². The zero-order valence-electron chi connectivity index (χ0n) is 13.5. The molecular weight excluding hydrogens is 358 g/mol. The third-order valence-corrected chi connectivity index (χ3v) is 4.57. The number of nitrogens with zero attached hydrogens (tertiary/aromatic N) is 2. The predicted molar refractivity (Wildman–Crippen MR) is 98.5 cm³/mol. The first-order chi connectivity index (χ1) is 12.1. The van der Waals surface area contributed by atoms with E-state index in [-0.39, 0.29) is 17.7 Å². The lowest BCUT2D eigenvalue weighted by Gasteiger charge is -2.13. The van der Waals surface area contributed by atoms with Crippen molar-refractivity contribution in [1.29, 1.82) is 0 Å². The van der Waals surface area contributed by atoms with Gasteiger partial charge in [-0.2, -0.15) is 0 Å². The van der Waals surface area contributed by atoms with Crippen molar-refractivity contribution in [3.05, 3.63) is 65.2 Å². The molecule has 128 valence electrons. The monoisotopic (exact) mass is 373 g/mol. The summed E-state index contributed by atoms with van der Waals surface area (Å²) < 4.78 is 5.57. The van der Waals surface area contributed by atoms with E-state index in [1.807, 2.05) is 49.4 Å². The number of amides is 1. The summed E-state index contributed by atoms with van der Waals surface area (Å²) in [5, 5.41) is 11.9. The molecule has 0 spiro atoms. The Kier molecular flexibility index (Phi) is 5.73. The number of aromatic nitrogens is 2. The van der Waals surface area contributed by atoms with Gasteiger partial charge in [0.25, 0.3) is 5.22 Å². The summed E-state index contributed by atoms with van der Waals surface area (Å²) in [6.07, 6.45) is 0. The van der Waals surface area contributed by atoms with Crippen LogP contribution in [0.25, 0.3) is 11.5 Å². The number of carbonyl (C=O) groups is 1. The van der Waals surface area contributed by atoms with E-state index < -0.39 is 0 Å².